The topological polar surface area (TPSA) is 95.5 Å². The molecule has 0 heterocycles. The van der Waals surface area contributed by atoms with Gasteiger partial charge in [-0.2, -0.15) is 0 Å². The fourth-order valence-corrected chi connectivity index (χ4v) is 1.09. The summed E-state index contributed by atoms with van der Waals surface area (Å²) < 4.78 is 0. The van der Waals surface area contributed by atoms with Gasteiger partial charge in [0.05, 0.1) is 6.04 Å². The van der Waals surface area contributed by atoms with E-state index in [4.69, 9.17) is 5.73 Å². The zero-order valence-corrected chi connectivity index (χ0v) is 7.83. The van der Waals surface area contributed by atoms with E-state index in [0.717, 1.165) is 5.56 Å². The summed E-state index contributed by atoms with van der Waals surface area (Å²) in [7, 11) is 0. The maximum absolute atomic E-state index is 11.0. The van der Waals surface area contributed by atoms with Crippen LogP contribution in [-0.4, -0.2) is 17.1 Å². The highest BCUT2D eigenvalue weighted by Gasteiger charge is 2.17. The van der Waals surface area contributed by atoms with Crippen LogP contribution in [0.3, 0.4) is 0 Å². The van der Waals surface area contributed by atoms with E-state index in [9.17, 15) is 14.9 Å². The van der Waals surface area contributed by atoms with Crippen molar-refractivity contribution in [3.05, 3.63) is 46.0 Å². The molecule has 2 N–H and O–H groups in total. The zero-order chi connectivity index (χ0) is 11.3. The van der Waals surface area contributed by atoms with Crippen molar-refractivity contribution in [2.45, 2.75) is 12.5 Å². The smallest absolute Gasteiger partial charge is 0.319 e. The monoisotopic (exact) mass is 210 g/mol. The van der Waals surface area contributed by atoms with E-state index in [2.05, 4.69) is 4.84 Å². The number of nitrogens with zero attached hydrogens (tertiary/aromatic N) is 1. The summed E-state index contributed by atoms with van der Waals surface area (Å²) in [5.74, 6) is -1.04. The Balaban J connectivity index is 2.52. The maximum Gasteiger partial charge on any atom is 0.320 e. The summed E-state index contributed by atoms with van der Waals surface area (Å²) in [6.45, 7) is 0. The molecule has 80 valence electrons. The van der Waals surface area contributed by atoms with Crippen molar-refractivity contribution >= 4 is 5.97 Å². The Hall–Kier alpha value is -1.95. The molecule has 1 atom stereocenters. The molecule has 0 aliphatic carbocycles. The van der Waals surface area contributed by atoms with Crippen molar-refractivity contribution in [1.29, 1.82) is 0 Å². The molecule has 0 fully saturated rings. The van der Waals surface area contributed by atoms with Gasteiger partial charge in [-0.3, -0.25) is 4.79 Å². The quantitative estimate of drug-likeness (QED) is 0.569. The number of carbonyl (C=O) groups excluding carboxylic acids is 1. The molecule has 1 rings (SSSR count). The summed E-state index contributed by atoms with van der Waals surface area (Å²) in [6.07, 6.45) is 0.216. The minimum Gasteiger partial charge on any atom is -0.319 e. The molecule has 15 heavy (non-hydrogen) atoms. The van der Waals surface area contributed by atoms with Gasteiger partial charge < -0.3 is 5.73 Å². The molecule has 1 aromatic carbocycles. The number of carbonyl (C=O) groups is 1. The third kappa shape index (κ3) is 3.74. The van der Waals surface area contributed by atoms with E-state index < -0.39 is 17.1 Å². The first-order chi connectivity index (χ1) is 7.09. The average Bonchev–Trinajstić information content (AvgIpc) is 2.18. The van der Waals surface area contributed by atoms with Crippen molar-refractivity contribution in [2.24, 2.45) is 5.73 Å². The molecule has 0 aliphatic heterocycles. The van der Waals surface area contributed by atoms with Crippen LogP contribution >= 0.6 is 0 Å². The fraction of sp³-hybridized carbons (Fsp3) is 0.222. The lowest BCUT2D eigenvalue weighted by Gasteiger charge is -2.07. The fourth-order valence-electron chi connectivity index (χ4n) is 1.09. The Morgan fingerprint density at radius 1 is 1.47 bits per heavy atom. The summed E-state index contributed by atoms with van der Waals surface area (Å²) in [4.78, 5) is 24.6. The van der Waals surface area contributed by atoms with Crippen LogP contribution in [-0.2, 0) is 16.1 Å². The summed E-state index contributed by atoms with van der Waals surface area (Å²) in [5.41, 5.74) is 6.24. The SMILES string of the molecule is NC(Cc1ccccc1)C(=O)O[N+](=O)[O-]. The summed E-state index contributed by atoms with van der Waals surface area (Å²) >= 11 is 0. The molecule has 0 radical (unpaired) electrons. The second-order valence-corrected chi connectivity index (χ2v) is 2.93. The largest absolute Gasteiger partial charge is 0.320 e. The second-order valence-electron chi connectivity index (χ2n) is 2.93. The first kappa shape index (κ1) is 11.1. The Morgan fingerprint density at radius 2 is 2.07 bits per heavy atom. The number of benzene rings is 1. The Morgan fingerprint density at radius 3 is 2.60 bits per heavy atom. The van der Waals surface area contributed by atoms with Crippen LogP contribution in [0, 0.1) is 10.1 Å². The third-order valence-electron chi connectivity index (χ3n) is 1.77. The number of rotatable bonds is 4. The second kappa shape index (κ2) is 5.06. The van der Waals surface area contributed by atoms with Gasteiger partial charge in [0, 0.05) is 0 Å². The molecule has 0 saturated carbocycles. The number of nitrogens with two attached hydrogens (primary N) is 1. The number of hydrogen-bond acceptors (Lipinski definition) is 5. The first-order valence-corrected chi connectivity index (χ1v) is 4.25. The standard InChI is InChI=1S/C9H10N2O4/c10-8(9(12)15-11(13)14)6-7-4-2-1-3-5-7/h1-5,8H,6,10H2. The predicted octanol–water partition coefficient (Wildman–Crippen LogP) is 0.291. The van der Waals surface area contributed by atoms with Crippen LogP contribution < -0.4 is 5.73 Å². The predicted molar refractivity (Wildman–Crippen MR) is 51.2 cm³/mol. The average molecular weight is 210 g/mol. The van der Waals surface area contributed by atoms with Crippen molar-refractivity contribution < 1.29 is 14.7 Å². The molecule has 1 unspecified atom stereocenters. The molecule has 0 aliphatic rings. The van der Waals surface area contributed by atoms with Crippen LogP contribution in [0.25, 0.3) is 0 Å². The normalized spacial score (nSPS) is 11.8. The maximum atomic E-state index is 11.0. The highest BCUT2D eigenvalue weighted by Crippen LogP contribution is 2.02. The van der Waals surface area contributed by atoms with Crippen LogP contribution in [0.2, 0.25) is 0 Å². The molecule has 0 amide bonds. The Kier molecular flexibility index (Phi) is 3.75. The molecule has 0 saturated heterocycles. The van der Waals surface area contributed by atoms with Gasteiger partial charge in [0.25, 0.3) is 0 Å². The first-order valence-electron chi connectivity index (χ1n) is 4.25. The lowest BCUT2D eigenvalue weighted by atomic mass is 10.1. The van der Waals surface area contributed by atoms with E-state index in [1.807, 2.05) is 6.07 Å². The molecule has 0 bridgehead atoms. The van der Waals surface area contributed by atoms with Crippen molar-refractivity contribution in [1.82, 2.24) is 0 Å². The van der Waals surface area contributed by atoms with Gasteiger partial charge in [0.2, 0.25) is 0 Å². The lowest BCUT2D eigenvalue weighted by Crippen LogP contribution is -2.35. The molecule has 6 heteroatoms. The molecule has 0 spiro atoms. The third-order valence-corrected chi connectivity index (χ3v) is 1.77. The number of hydrogen-bond donors (Lipinski definition) is 1. The van der Waals surface area contributed by atoms with Gasteiger partial charge >= 0.3 is 11.1 Å². The summed E-state index contributed by atoms with van der Waals surface area (Å²) in [6, 6.07) is 7.95. The van der Waals surface area contributed by atoms with Gasteiger partial charge in [-0.25, -0.2) is 4.84 Å². The Labute approximate surface area is 85.7 Å². The lowest BCUT2D eigenvalue weighted by molar-refractivity contribution is -0.729. The van der Waals surface area contributed by atoms with Gasteiger partial charge in [-0.15, -0.1) is 10.1 Å². The van der Waals surface area contributed by atoms with E-state index >= 15 is 0 Å². The van der Waals surface area contributed by atoms with E-state index in [-0.39, 0.29) is 6.42 Å². The minimum atomic E-state index is -1.16. The van der Waals surface area contributed by atoms with Crippen molar-refractivity contribution in [3.8, 4) is 0 Å². The molecular formula is C9H10N2O4. The zero-order valence-electron chi connectivity index (χ0n) is 7.83. The molecule has 0 aromatic heterocycles. The van der Waals surface area contributed by atoms with Gasteiger partial charge in [0.15, 0.2) is 0 Å². The van der Waals surface area contributed by atoms with E-state index in [1.54, 1.807) is 24.3 Å². The summed E-state index contributed by atoms with van der Waals surface area (Å²) in [5, 5.41) is 8.71. The van der Waals surface area contributed by atoms with Crippen molar-refractivity contribution in [2.75, 3.05) is 0 Å². The van der Waals surface area contributed by atoms with Crippen LogP contribution in [0.1, 0.15) is 5.56 Å². The van der Waals surface area contributed by atoms with Crippen LogP contribution in [0.5, 0.6) is 0 Å². The van der Waals surface area contributed by atoms with Gasteiger partial charge in [-0.1, -0.05) is 30.3 Å². The van der Waals surface area contributed by atoms with Gasteiger partial charge in [-0.05, 0) is 12.0 Å². The highest BCUT2D eigenvalue weighted by atomic mass is 17.0. The van der Waals surface area contributed by atoms with Crippen LogP contribution in [0.4, 0.5) is 0 Å². The molecule has 1 aromatic rings. The van der Waals surface area contributed by atoms with Crippen molar-refractivity contribution in [3.63, 3.8) is 0 Å². The highest BCUT2D eigenvalue weighted by molar-refractivity contribution is 5.75. The molecular weight excluding hydrogens is 200 g/mol. The van der Waals surface area contributed by atoms with Crippen LogP contribution in [0.15, 0.2) is 30.3 Å². The minimum absolute atomic E-state index is 0.216. The molecule has 6 nitrogen and oxygen atoms in total. The van der Waals surface area contributed by atoms with E-state index in [1.165, 1.54) is 0 Å². The van der Waals surface area contributed by atoms with Gasteiger partial charge in [0.1, 0.15) is 0 Å². The Bertz CT molecular complexity index is 352. The van der Waals surface area contributed by atoms with E-state index in [0.29, 0.717) is 0 Å².